The molecule has 0 bridgehead atoms. The van der Waals surface area contributed by atoms with E-state index in [1.807, 2.05) is 13.1 Å². The molecule has 0 radical (unpaired) electrons. The molecule has 1 atom stereocenters. The molecule has 166 valence electrons. The van der Waals surface area contributed by atoms with Crippen LogP contribution in [0.15, 0.2) is 23.1 Å². The van der Waals surface area contributed by atoms with Crippen molar-refractivity contribution in [3.8, 4) is 0 Å². The van der Waals surface area contributed by atoms with Gasteiger partial charge in [0.1, 0.15) is 5.69 Å². The minimum atomic E-state index is -3.56. The predicted octanol–water partition coefficient (Wildman–Crippen LogP) is 2.94. The lowest BCUT2D eigenvalue weighted by Gasteiger charge is -2.18. The third kappa shape index (κ3) is 3.91. The zero-order valence-electron chi connectivity index (χ0n) is 18.0. The van der Waals surface area contributed by atoms with Crippen molar-refractivity contribution >= 4 is 15.9 Å². The largest absolute Gasteiger partial charge is 0.344 e. The van der Waals surface area contributed by atoms with E-state index in [4.69, 9.17) is 0 Å². The van der Waals surface area contributed by atoms with E-state index < -0.39 is 10.0 Å². The lowest BCUT2D eigenvalue weighted by atomic mass is 9.95. The number of nitrogens with zero attached hydrogens (tertiary/aromatic N) is 2. The van der Waals surface area contributed by atoms with E-state index >= 15 is 0 Å². The Morgan fingerprint density at radius 1 is 1.06 bits per heavy atom. The minimum Gasteiger partial charge on any atom is -0.344 e. The first-order valence-electron chi connectivity index (χ1n) is 11.4. The van der Waals surface area contributed by atoms with E-state index in [1.54, 1.807) is 16.8 Å². The van der Waals surface area contributed by atoms with Crippen LogP contribution in [0.25, 0.3) is 0 Å². The van der Waals surface area contributed by atoms with Crippen LogP contribution in [0.4, 0.5) is 0 Å². The van der Waals surface area contributed by atoms with Crippen LogP contribution in [0.1, 0.15) is 83.9 Å². The Morgan fingerprint density at radius 3 is 2.65 bits per heavy atom. The van der Waals surface area contributed by atoms with Gasteiger partial charge in [-0.25, -0.2) is 13.1 Å². The van der Waals surface area contributed by atoms with E-state index in [-0.39, 0.29) is 22.9 Å². The van der Waals surface area contributed by atoms with Crippen molar-refractivity contribution in [2.75, 3.05) is 0 Å². The fraction of sp³-hybridized carbons (Fsp3) is 0.565. The third-order valence-electron chi connectivity index (χ3n) is 7.02. The average Bonchev–Trinajstić information content (AvgIpc) is 3.46. The molecule has 0 saturated heterocycles. The summed E-state index contributed by atoms with van der Waals surface area (Å²) >= 11 is 0. The number of aromatic nitrogens is 2. The van der Waals surface area contributed by atoms with E-state index in [0.717, 1.165) is 86.6 Å². The Kier molecular flexibility index (Phi) is 5.38. The summed E-state index contributed by atoms with van der Waals surface area (Å²) in [6.07, 6.45) is 9.58. The first kappa shape index (κ1) is 20.7. The average molecular weight is 443 g/mol. The van der Waals surface area contributed by atoms with Gasteiger partial charge >= 0.3 is 0 Å². The monoisotopic (exact) mass is 442 g/mol. The zero-order valence-corrected chi connectivity index (χ0v) is 18.8. The number of hydrogen-bond donors (Lipinski definition) is 2. The summed E-state index contributed by atoms with van der Waals surface area (Å²) in [6.45, 7) is 0. The molecule has 2 aromatic rings. The summed E-state index contributed by atoms with van der Waals surface area (Å²) in [4.78, 5) is 13.5. The maximum absolute atomic E-state index is 13.2. The van der Waals surface area contributed by atoms with Gasteiger partial charge in [0.25, 0.3) is 5.91 Å². The lowest BCUT2D eigenvalue weighted by Crippen LogP contribution is -2.33. The fourth-order valence-corrected chi connectivity index (χ4v) is 6.76. The highest BCUT2D eigenvalue weighted by Crippen LogP contribution is 2.34. The molecule has 0 spiro atoms. The Bertz CT molecular complexity index is 1120. The van der Waals surface area contributed by atoms with Gasteiger partial charge in [-0.05, 0) is 74.6 Å². The molecule has 31 heavy (non-hydrogen) atoms. The topological polar surface area (TPSA) is 93.1 Å². The molecule has 1 heterocycles. The zero-order chi connectivity index (χ0) is 21.6. The second-order valence-corrected chi connectivity index (χ2v) is 10.8. The number of nitrogens with one attached hydrogen (secondary N) is 2. The fourth-order valence-electron chi connectivity index (χ4n) is 5.42. The molecule has 1 aromatic heterocycles. The van der Waals surface area contributed by atoms with Crippen molar-refractivity contribution in [2.45, 2.75) is 81.2 Å². The van der Waals surface area contributed by atoms with Gasteiger partial charge in [-0.2, -0.15) is 5.10 Å². The number of benzene rings is 1. The number of sulfonamides is 1. The van der Waals surface area contributed by atoms with Crippen molar-refractivity contribution in [3.05, 3.63) is 46.3 Å². The van der Waals surface area contributed by atoms with Crippen molar-refractivity contribution in [2.24, 2.45) is 7.05 Å². The van der Waals surface area contributed by atoms with Gasteiger partial charge in [-0.15, -0.1) is 0 Å². The molecule has 1 amide bonds. The Morgan fingerprint density at radius 2 is 1.84 bits per heavy atom. The standard InChI is InChI=1S/C23H30N4O3S/c1-27-22(18-8-4-5-9-21(18)25-27)23(28)24-20-13-11-15-10-12-17(14-19(15)20)31(29,30)26-16-6-2-3-7-16/h10,12,14,16,20,26H,2-9,11,13H2,1H3,(H,24,28)/t20-/m0/s1. The van der Waals surface area contributed by atoms with Crippen LogP contribution in [0.2, 0.25) is 0 Å². The van der Waals surface area contributed by atoms with E-state index in [9.17, 15) is 13.2 Å². The molecule has 2 N–H and O–H groups in total. The minimum absolute atomic E-state index is 0.0322. The van der Waals surface area contributed by atoms with Crippen LogP contribution >= 0.6 is 0 Å². The van der Waals surface area contributed by atoms with Crippen LogP contribution in [0, 0.1) is 0 Å². The van der Waals surface area contributed by atoms with Crippen molar-refractivity contribution in [1.29, 1.82) is 0 Å². The number of carbonyl (C=O) groups excluding carboxylic acids is 1. The van der Waals surface area contributed by atoms with Crippen LogP contribution in [-0.4, -0.2) is 30.1 Å². The summed E-state index contributed by atoms with van der Waals surface area (Å²) in [7, 11) is -1.73. The van der Waals surface area contributed by atoms with Gasteiger partial charge in [-0.3, -0.25) is 9.48 Å². The Labute approximate surface area is 183 Å². The number of rotatable bonds is 5. The van der Waals surface area contributed by atoms with Crippen molar-refractivity contribution in [1.82, 2.24) is 19.8 Å². The van der Waals surface area contributed by atoms with Crippen LogP contribution in [-0.2, 0) is 36.3 Å². The molecule has 3 aliphatic carbocycles. The van der Waals surface area contributed by atoms with Gasteiger partial charge in [0.05, 0.1) is 16.6 Å². The summed E-state index contributed by atoms with van der Waals surface area (Å²) in [5.74, 6) is -0.117. The number of aryl methyl sites for hydroxylation is 3. The smallest absolute Gasteiger partial charge is 0.270 e. The van der Waals surface area contributed by atoms with Gasteiger partial charge in [0.2, 0.25) is 10.0 Å². The molecule has 1 saturated carbocycles. The highest BCUT2D eigenvalue weighted by molar-refractivity contribution is 7.89. The Hall–Kier alpha value is -2.19. The molecule has 1 aromatic carbocycles. The van der Waals surface area contributed by atoms with Crippen LogP contribution < -0.4 is 10.0 Å². The van der Waals surface area contributed by atoms with E-state index in [0.29, 0.717) is 5.69 Å². The second-order valence-electron chi connectivity index (χ2n) is 9.13. The molecule has 8 heteroatoms. The number of amides is 1. The lowest BCUT2D eigenvalue weighted by molar-refractivity contribution is 0.0926. The molecular formula is C23H30N4O3S. The van der Waals surface area contributed by atoms with Crippen molar-refractivity contribution in [3.63, 3.8) is 0 Å². The highest BCUT2D eigenvalue weighted by Gasteiger charge is 2.30. The van der Waals surface area contributed by atoms with Crippen LogP contribution in [0.3, 0.4) is 0 Å². The molecule has 0 aliphatic heterocycles. The normalized spacial score (nSPS) is 21.1. The predicted molar refractivity (Wildman–Crippen MR) is 117 cm³/mol. The Balaban J connectivity index is 1.37. The number of hydrogen-bond acceptors (Lipinski definition) is 4. The van der Waals surface area contributed by atoms with Gasteiger partial charge < -0.3 is 5.32 Å². The van der Waals surface area contributed by atoms with E-state index in [2.05, 4.69) is 15.1 Å². The second kappa shape index (κ2) is 8.06. The summed E-state index contributed by atoms with van der Waals surface area (Å²) < 4.78 is 30.4. The SMILES string of the molecule is Cn1nc2c(c1C(=O)N[C@H]1CCc3ccc(S(=O)(=O)NC4CCCC4)cc31)CCCC2. The summed E-state index contributed by atoms with van der Waals surface area (Å²) in [6, 6.07) is 5.20. The third-order valence-corrected chi connectivity index (χ3v) is 8.54. The summed E-state index contributed by atoms with van der Waals surface area (Å²) in [5.41, 5.74) is 4.78. The quantitative estimate of drug-likeness (QED) is 0.745. The van der Waals surface area contributed by atoms with Gasteiger partial charge in [0, 0.05) is 18.7 Å². The first-order valence-corrected chi connectivity index (χ1v) is 12.9. The van der Waals surface area contributed by atoms with Crippen molar-refractivity contribution < 1.29 is 13.2 Å². The molecule has 7 nitrogen and oxygen atoms in total. The van der Waals surface area contributed by atoms with E-state index in [1.165, 1.54) is 0 Å². The molecular weight excluding hydrogens is 412 g/mol. The maximum Gasteiger partial charge on any atom is 0.270 e. The summed E-state index contributed by atoms with van der Waals surface area (Å²) in [5, 5.41) is 7.72. The maximum atomic E-state index is 13.2. The van der Waals surface area contributed by atoms with Gasteiger partial charge in [0.15, 0.2) is 0 Å². The number of fused-ring (bicyclic) bond motifs is 2. The first-order chi connectivity index (χ1) is 14.9. The molecule has 3 aliphatic rings. The molecule has 0 unspecified atom stereocenters. The van der Waals surface area contributed by atoms with Gasteiger partial charge in [-0.1, -0.05) is 18.9 Å². The molecule has 1 fully saturated rings. The highest BCUT2D eigenvalue weighted by atomic mass is 32.2. The molecule has 5 rings (SSSR count). The van der Waals surface area contributed by atoms with Crippen LogP contribution in [0.5, 0.6) is 0 Å². The number of carbonyl (C=O) groups is 1.